The lowest BCUT2D eigenvalue weighted by Crippen LogP contribution is -2.41. The molecule has 0 fully saturated rings. The van der Waals surface area contributed by atoms with Crippen molar-refractivity contribution in [3.05, 3.63) is 46.0 Å². The molecule has 10 nitrogen and oxygen atoms in total. The fourth-order valence-electron chi connectivity index (χ4n) is 2.90. The molecule has 196 valence electrons. The first kappa shape index (κ1) is 29.1. The van der Waals surface area contributed by atoms with Crippen LogP contribution in [0.4, 0.5) is 0 Å². The van der Waals surface area contributed by atoms with Gasteiger partial charge in [-0.3, -0.25) is 14.6 Å². The monoisotopic (exact) mass is 541 g/mol. The summed E-state index contributed by atoms with van der Waals surface area (Å²) in [6.07, 6.45) is 2.20. The summed E-state index contributed by atoms with van der Waals surface area (Å²) in [6.45, 7) is 7.86. The molecule has 0 radical (unpaired) electrons. The molecule has 2 heterocycles. The summed E-state index contributed by atoms with van der Waals surface area (Å²) in [7, 11) is 1.38. The van der Waals surface area contributed by atoms with Crippen molar-refractivity contribution in [3.8, 4) is 11.5 Å². The number of nitrogens with zero attached hydrogens (tertiary/aromatic N) is 2. The van der Waals surface area contributed by atoms with Crippen LogP contribution in [0.3, 0.4) is 0 Å². The van der Waals surface area contributed by atoms with Gasteiger partial charge in [0.25, 0.3) is 5.91 Å². The van der Waals surface area contributed by atoms with Gasteiger partial charge in [-0.05, 0) is 19.9 Å². The van der Waals surface area contributed by atoms with Gasteiger partial charge in [-0.25, -0.2) is 9.78 Å². The zero-order valence-electron chi connectivity index (χ0n) is 20.8. The third kappa shape index (κ3) is 7.69. The van der Waals surface area contributed by atoms with E-state index in [0.717, 1.165) is 0 Å². The Kier molecular flexibility index (Phi) is 10.7. The van der Waals surface area contributed by atoms with E-state index < -0.39 is 36.8 Å². The maximum absolute atomic E-state index is 12.9. The van der Waals surface area contributed by atoms with Crippen LogP contribution >= 0.6 is 23.2 Å². The molecule has 12 heteroatoms. The first-order chi connectivity index (χ1) is 17.0. The lowest BCUT2D eigenvalue weighted by atomic mass is 10.0. The van der Waals surface area contributed by atoms with Gasteiger partial charge in [0.15, 0.2) is 17.2 Å². The van der Waals surface area contributed by atoms with Crippen molar-refractivity contribution in [1.82, 2.24) is 15.3 Å². The highest BCUT2D eigenvalue weighted by Crippen LogP contribution is 2.30. The van der Waals surface area contributed by atoms with Crippen molar-refractivity contribution in [3.63, 3.8) is 0 Å². The second-order valence-corrected chi connectivity index (χ2v) is 9.06. The molecule has 0 aliphatic rings. The van der Waals surface area contributed by atoms with Gasteiger partial charge in [-0.2, -0.15) is 0 Å². The van der Waals surface area contributed by atoms with E-state index in [1.807, 2.05) is 0 Å². The van der Waals surface area contributed by atoms with Crippen molar-refractivity contribution >= 4 is 41.0 Å². The molecule has 0 spiro atoms. The van der Waals surface area contributed by atoms with Crippen LogP contribution in [0.2, 0.25) is 10.0 Å². The number of nitrogens with one attached hydrogen (secondary N) is 1. The van der Waals surface area contributed by atoms with Crippen LogP contribution in [0.1, 0.15) is 56.7 Å². The topological polar surface area (TPSA) is 126 Å². The first-order valence-electron chi connectivity index (χ1n) is 11.1. The Morgan fingerprint density at radius 3 is 2.36 bits per heavy atom. The average Bonchev–Trinajstić information content (AvgIpc) is 2.83. The molecule has 2 rings (SSSR count). The number of aromatic nitrogens is 2. The second-order valence-electron chi connectivity index (χ2n) is 8.22. The second kappa shape index (κ2) is 13.3. The summed E-state index contributed by atoms with van der Waals surface area (Å²) < 4.78 is 21.2. The molecule has 0 aliphatic carbocycles. The fourth-order valence-corrected chi connectivity index (χ4v) is 3.45. The Balaban J connectivity index is 2.06. The molecule has 0 bridgehead atoms. The molecule has 1 amide bonds. The molecule has 0 unspecified atom stereocenters. The number of rotatable bonds is 11. The van der Waals surface area contributed by atoms with Crippen LogP contribution in [0.15, 0.2) is 24.5 Å². The van der Waals surface area contributed by atoms with Crippen molar-refractivity contribution in [2.24, 2.45) is 5.92 Å². The molecule has 2 aromatic rings. The maximum Gasteiger partial charge on any atom is 0.328 e. The Morgan fingerprint density at radius 2 is 1.75 bits per heavy atom. The smallest absolute Gasteiger partial charge is 0.328 e. The highest BCUT2D eigenvalue weighted by Gasteiger charge is 2.27. The molecule has 0 aromatic carbocycles. The van der Waals surface area contributed by atoms with Crippen molar-refractivity contribution < 1.29 is 33.3 Å². The SMILES string of the molecule is COc1ccnc(C(=O)N[C@@H](C)C(=O)O[C@@H](C)[C@@H](C)c2ncc(Cl)cc2Cl)c1OCOC(=O)C(C)C. The van der Waals surface area contributed by atoms with Gasteiger partial charge in [0.1, 0.15) is 12.1 Å². The average molecular weight is 542 g/mol. The van der Waals surface area contributed by atoms with Gasteiger partial charge in [0.2, 0.25) is 6.79 Å². The van der Waals surface area contributed by atoms with E-state index in [9.17, 15) is 14.4 Å². The maximum atomic E-state index is 12.9. The molecule has 2 aromatic heterocycles. The number of hydrogen-bond acceptors (Lipinski definition) is 9. The van der Waals surface area contributed by atoms with Gasteiger partial charge in [0.05, 0.1) is 28.8 Å². The number of halogens is 2. The molecule has 1 N–H and O–H groups in total. The number of carbonyl (C=O) groups is 3. The highest BCUT2D eigenvalue weighted by atomic mass is 35.5. The van der Waals surface area contributed by atoms with E-state index in [1.165, 1.54) is 32.5 Å². The Hall–Kier alpha value is -3.11. The summed E-state index contributed by atoms with van der Waals surface area (Å²) in [5.74, 6) is -2.40. The van der Waals surface area contributed by atoms with Gasteiger partial charge in [-0.15, -0.1) is 0 Å². The normalized spacial score (nSPS) is 13.4. The number of ether oxygens (including phenoxy) is 4. The van der Waals surface area contributed by atoms with Crippen LogP contribution in [-0.2, 0) is 19.1 Å². The first-order valence-corrected chi connectivity index (χ1v) is 11.9. The minimum Gasteiger partial charge on any atom is -0.493 e. The molecule has 36 heavy (non-hydrogen) atoms. The van der Waals surface area contributed by atoms with Crippen molar-refractivity contribution in [2.75, 3.05) is 13.9 Å². The van der Waals surface area contributed by atoms with Crippen LogP contribution < -0.4 is 14.8 Å². The van der Waals surface area contributed by atoms with E-state index >= 15 is 0 Å². The van der Waals surface area contributed by atoms with Gasteiger partial charge in [0, 0.05) is 24.4 Å². The van der Waals surface area contributed by atoms with Crippen LogP contribution in [0.5, 0.6) is 11.5 Å². The van der Waals surface area contributed by atoms with Gasteiger partial charge >= 0.3 is 11.9 Å². The lowest BCUT2D eigenvalue weighted by molar-refractivity contribution is -0.154. The highest BCUT2D eigenvalue weighted by molar-refractivity contribution is 6.34. The third-order valence-corrected chi connectivity index (χ3v) is 5.66. The molecule has 3 atom stereocenters. The number of pyridine rings is 2. The third-order valence-electron chi connectivity index (χ3n) is 5.15. The van der Waals surface area contributed by atoms with Crippen LogP contribution in [-0.4, -0.2) is 53.9 Å². The zero-order chi connectivity index (χ0) is 27.0. The van der Waals surface area contributed by atoms with Crippen molar-refractivity contribution in [2.45, 2.75) is 52.7 Å². The number of hydrogen-bond donors (Lipinski definition) is 1. The summed E-state index contributed by atoms with van der Waals surface area (Å²) in [4.78, 5) is 45.5. The molecular formula is C24H29Cl2N3O7. The summed E-state index contributed by atoms with van der Waals surface area (Å²) >= 11 is 12.1. The van der Waals surface area contributed by atoms with E-state index in [2.05, 4.69) is 15.3 Å². The van der Waals surface area contributed by atoms with Gasteiger partial charge in [-0.1, -0.05) is 44.0 Å². The quantitative estimate of drug-likeness (QED) is 0.329. The summed E-state index contributed by atoms with van der Waals surface area (Å²) in [5.41, 5.74) is 0.367. The minimum absolute atomic E-state index is 0.0416. The molecule has 0 saturated heterocycles. The standard InChI is InChI=1S/C24H29Cl2N3O7/c1-12(2)23(31)35-11-34-21-18(33-6)7-8-27-20(21)22(30)29-14(4)24(32)36-15(5)13(3)19-17(26)9-16(25)10-28-19/h7-10,12-15H,11H2,1-6H3,(H,29,30)/t13-,14+,15+/m1/s1. The number of methoxy groups -OCH3 is 1. The molecular weight excluding hydrogens is 513 g/mol. The Bertz CT molecular complexity index is 1100. The van der Waals surface area contributed by atoms with E-state index in [4.69, 9.17) is 42.1 Å². The predicted octanol–water partition coefficient (Wildman–Crippen LogP) is 4.18. The molecule has 0 aliphatic heterocycles. The van der Waals surface area contributed by atoms with E-state index in [1.54, 1.807) is 33.8 Å². The summed E-state index contributed by atoms with van der Waals surface area (Å²) in [5, 5.41) is 3.28. The molecule has 0 saturated carbocycles. The minimum atomic E-state index is -1.03. The fraction of sp³-hybridized carbons (Fsp3) is 0.458. The zero-order valence-corrected chi connectivity index (χ0v) is 22.3. The predicted molar refractivity (Wildman–Crippen MR) is 132 cm³/mol. The van der Waals surface area contributed by atoms with Gasteiger partial charge < -0.3 is 24.3 Å². The van der Waals surface area contributed by atoms with Crippen LogP contribution in [0.25, 0.3) is 0 Å². The van der Waals surface area contributed by atoms with E-state index in [-0.39, 0.29) is 29.0 Å². The number of amides is 1. The Morgan fingerprint density at radius 1 is 1.06 bits per heavy atom. The summed E-state index contributed by atoms with van der Waals surface area (Å²) in [6, 6.07) is 2.01. The number of carbonyl (C=O) groups excluding carboxylic acids is 3. The number of esters is 2. The van der Waals surface area contributed by atoms with E-state index in [0.29, 0.717) is 15.7 Å². The Labute approximate surface area is 219 Å². The van der Waals surface area contributed by atoms with Crippen molar-refractivity contribution in [1.29, 1.82) is 0 Å². The lowest BCUT2D eigenvalue weighted by Gasteiger charge is -2.23. The van der Waals surface area contributed by atoms with Crippen LogP contribution in [0, 0.1) is 5.92 Å². The largest absolute Gasteiger partial charge is 0.493 e.